The molecule has 0 fully saturated rings. The number of nitro groups is 3. The molecule has 2 N–H and O–H groups in total. The van der Waals surface area contributed by atoms with Gasteiger partial charge in [0.2, 0.25) is 0 Å². The summed E-state index contributed by atoms with van der Waals surface area (Å²) >= 11 is 0. The Bertz CT molecular complexity index is 745. The molecule has 2 rings (SSSR count). The van der Waals surface area contributed by atoms with Crippen LogP contribution in [0.5, 0.6) is 5.75 Å². The molecule has 25 heavy (non-hydrogen) atoms. The van der Waals surface area contributed by atoms with E-state index in [0.29, 0.717) is 12.1 Å². The summed E-state index contributed by atoms with van der Waals surface area (Å²) in [6.45, 7) is 3.08. The van der Waals surface area contributed by atoms with E-state index in [1.807, 2.05) is 18.2 Å². The molecule has 0 aliphatic heterocycles. The minimum Gasteiger partial charge on any atom is -0.497 e. The zero-order valence-electron chi connectivity index (χ0n) is 13.0. The van der Waals surface area contributed by atoms with Gasteiger partial charge in [-0.25, -0.2) is 0 Å². The maximum absolute atomic E-state index is 10.4. The fourth-order valence-corrected chi connectivity index (χ4v) is 1.73. The molecular weight excluding hydrogens is 336 g/mol. The van der Waals surface area contributed by atoms with Crippen molar-refractivity contribution < 1.29 is 19.9 Å². The Labute approximate surface area is 141 Å². The third kappa shape index (κ3) is 5.42. The molecule has 0 saturated heterocycles. The van der Waals surface area contributed by atoms with Gasteiger partial charge >= 0.3 is 11.4 Å². The van der Waals surface area contributed by atoms with Crippen molar-refractivity contribution in [1.29, 1.82) is 0 Å². The molecular formula is C14H14N4O7. The van der Waals surface area contributed by atoms with Gasteiger partial charge in [-0.1, -0.05) is 18.2 Å². The standard InChI is InChI=1S/C8H11N.C6H3N3O7/c1-2-9-8-6-4-3-5-7-8;10-6-4(8(13)14)1-3(7(11)12)2-5(6)9(15)16/h3-7,9H,2H2,1H3;1-2,10H. The molecule has 0 bridgehead atoms. The Balaban J connectivity index is 0.000000293. The molecule has 2 aromatic carbocycles. The Hall–Kier alpha value is -3.76. The minimum absolute atomic E-state index is 0.447. The van der Waals surface area contributed by atoms with Crippen LogP contribution in [0.4, 0.5) is 22.7 Å². The third-order valence-electron chi connectivity index (χ3n) is 2.81. The van der Waals surface area contributed by atoms with Crippen molar-refractivity contribution in [1.82, 2.24) is 0 Å². The lowest BCUT2D eigenvalue weighted by molar-refractivity contribution is -0.404. The summed E-state index contributed by atoms with van der Waals surface area (Å²) in [5.41, 5.74) is -1.81. The van der Waals surface area contributed by atoms with Crippen LogP contribution in [0.15, 0.2) is 42.5 Å². The third-order valence-corrected chi connectivity index (χ3v) is 2.81. The first-order valence-corrected chi connectivity index (χ1v) is 6.87. The van der Waals surface area contributed by atoms with Crippen LogP contribution in [0.3, 0.4) is 0 Å². The summed E-state index contributed by atoms with van der Waals surface area (Å²) in [7, 11) is 0. The number of non-ortho nitro benzene ring substituents is 1. The molecule has 132 valence electrons. The summed E-state index contributed by atoms with van der Waals surface area (Å²) in [5.74, 6) is -1.21. The first-order chi connectivity index (χ1) is 11.8. The summed E-state index contributed by atoms with van der Waals surface area (Å²) in [5, 5.41) is 43.4. The van der Waals surface area contributed by atoms with Crippen LogP contribution in [0.2, 0.25) is 0 Å². The summed E-state index contributed by atoms with van der Waals surface area (Å²) < 4.78 is 0. The van der Waals surface area contributed by atoms with Crippen LogP contribution >= 0.6 is 0 Å². The quantitative estimate of drug-likeness (QED) is 0.613. The second kappa shape index (κ2) is 8.76. The SMILES string of the molecule is CCNc1ccccc1.O=[N+]([O-])c1cc([N+](=O)[O-])c(O)c([N+](=O)[O-])c1. The Morgan fingerprint density at radius 1 is 0.920 bits per heavy atom. The highest BCUT2D eigenvalue weighted by molar-refractivity contribution is 5.64. The van der Waals surface area contributed by atoms with Crippen molar-refractivity contribution >= 4 is 22.7 Å². The van der Waals surface area contributed by atoms with E-state index in [1.54, 1.807) is 0 Å². The Morgan fingerprint density at radius 3 is 1.76 bits per heavy atom. The van der Waals surface area contributed by atoms with E-state index in [0.717, 1.165) is 6.54 Å². The number of aromatic hydroxyl groups is 1. The number of phenols is 1. The predicted octanol–water partition coefficient (Wildman–Crippen LogP) is 3.24. The van der Waals surface area contributed by atoms with E-state index < -0.39 is 37.6 Å². The van der Waals surface area contributed by atoms with Gasteiger partial charge in [0.15, 0.2) is 0 Å². The number of hydrogen-bond donors (Lipinski definition) is 2. The van der Waals surface area contributed by atoms with E-state index in [4.69, 9.17) is 5.11 Å². The molecule has 11 nitrogen and oxygen atoms in total. The molecule has 11 heteroatoms. The maximum Gasteiger partial charge on any atom is 0.324 e. The highest BCUT2D eigenvalue weighted by Crippen LogP contribution is 2.38. The van der Waals surface area contributed by atoms with Crippen molar-refractivity contribution in [2.45, 2.75) is 6.92 Å². The topological polar surface area (TPSA) is 162 Å². The van der Waals surface area contributed by atoms with E-state index in [9.17, 15) is 30.3 Å². The Kier molecular flexibility index (Phi) is 6.76. The summed E-state index contributed by atoms with van der Waals surface area (Å²) in [6, 6.07) is 11.1. The molecule has 0 aliphatic rings. The maximum atomic E-state index is 10.4. The average molecular weight is 350 g/mol. The lowest BCUT2D eigenvalue weighted by atomic mass is 10.2. The van der Waals surface area contributed by atoms with E-state index in [1.165, 1.54) is 5.69 Å². The van der Waals surface area contributed by atoms with Crippen LogP contribution in [-0.2, 0) is 0 Å². The highest BCUT2D eigenvalue weighted by atomic mass is 16.6. The molecule has 0 amide bonds. The number of benzene rings is 2. The van der Waals surface area contributed by atoms with Crippen molar-refractivity contribution in [2.75, 3.05) is 11.9 Å². The van der Waals surface area contributed by atoms with Gasteiger partial charge < -0.3 is 10.4 Å². The lowest BCUT2D eigenvalue weighted by Gasteiger charge is -1.99. The monoisotopic (exact) mass is 350 g/mol. The van der Waals surface area contributed by atoms with Crippen LogP contribution in [0, 0.1) is 30.3 Å². The second-order valence-electron chi connectivity index (χ2n) is 4.50. The van der Waals surface area contributed by atoms with Gasteiger partial charge in [-0.15, -0.1) is 0 Å². The number of nitrogens with one attached hydrogen (secondary N) is 1. The number of nitro benzene ring substituents is 3. The van der Waals surface area contributed by atoms with Crippen molar-refractivity contribution in [2.24, 2.45) is 0 Å². The molecule has 0 aliphatic carbocycles. The molecule has 0 heterocycles. The van der Waals surface area contributed by atoms with Crippen LogP contribution in [-0.4, -0.2) is 26.4 Å². The second-order valence-corrected chi connectivity index (χ2v) is 4.50. The van der Waals surface area contributed by atoms with Gasteiger partial charge in [-0.3, -0.25) is 30.3 Å². The van der Waals surface area contributed by atoms with Crippen LogP contribution in [0.25, 0.3) is 0 Å². The summed E-state index contributed by atoms with van der Waals surface area (Å²) in [6.07, 6.45) is 0. The smallest absolute Gasteiger partial charge is 0.324 e. The minimum atomic E-state index is -1.21. The van der Waals surface area contributed by atoms with Gasteiger partial charge in [-0.2, -0.15) is 0 Å². The molecule has 0 unspecified atom stereocenters. The first-order valence-electron chi connectivity index (χ1n) is 6.87. The summed E-state index contributed by atoms with van der Waals surface area (Å²) in [4.78, 5) is 27.8. The zero-order chi connectivity index (χ0) is 19.0. The van der Waals surface area contributed by atoms with E-state index in [2.05, 4.69) is 24.4 Å². The number of para-hydroxylation sites is 1. The normalized spacial score (nSPS) is 9.48. The van der Waals surface area contributed by atoms with Crippen molar-refractivity contribution in [3.63, 3.8) is 0 Å². The van der Waals surface area contributed by atoms with Crippen molar-refractivity contribution in [3.05, 3.63) is 72.8 Å². The molecule has 0 saturated carbocycles. The van der Waals surface area contributed by atoms with Gasteiger partial charge in [0.25, 0.3) is 11.4 Å². The lowest BCUT2D eigenvalue weighted by Crippen LogP contribution is -1.97. The number of rotatable bonds is 5. The molecule has 0 spiro atoms. The first kappa shape index (κ1) is 19.3. The molecule has 2 aromatic rings. The van der Waals surface area contributed by atoms with Crippen molar-refractivity contribution in [3.8, 4) is 5.75 Å². The molecule has 0 atom stereocenters. The number of phenolic OH excluding ortho intramolecular Hbond substituents is 1. The molecule has 0 radical (unpaired) electrons. The van der Waals surface area contributed by atoms with Crippen LogP contribution in [0.1, 0.15) is 6.92 Å². The van der Waals surface area contributed by atoms with Gasteiger partial charge in [0.05, 0.1) is 26.9 Å². The van der Waals surface area contributed by atoms with E-state index in [-0.39, 0.29) is 0 Å². The predicted molar refractivity (Wildman–Crippen MR) is 88.7 cm³/mol. The van der Waals surface area contributed by atoms with Gasteiger partial charge in [0.1, 0.15) is 0 Å². The van der Waals surface area contributed by atoms with Gasteiger partial charge in [-0.05, 0) is 19.1 Å². The average Bonchev–Trinajstić information content (AvgIpc) is 2.56. The van der Waals surface area contributed by atoms with Crippen LogP contribution < -0.4 is 5.32 Å². The van der Waals surface area contributed by atoms with Gasteiger partial charge in [0, 0.05) is 12.2 Å². The fraction of sp³-hybridized carbons (Fsp3) is 0.143. The number of nitrogens with zero attached hydrogens (tertiary/aromatic N) is 3. The van der Waals surface area contributed by atoms with E-state index >= 15 is 0 Å². The fourth-order valence-electron chi connectivity index (χ4n) is 1.73. The molecule has 0 aromatic heterocycles. The number of hydrogen-bond acceptors (Lipinski definition) is 8. The zero-order valence-corrected chi connectivity index (χ0v) is 13.0. The highest BCUT2D eigenvalue weighted by Gasteiger charge is 2.30. The largest absolute Gasteiger partial charge is 0.497 e. The Morgan fingerprint density at radius 2 is 1.40 bits per heavy atom. The number of anilines is 1.